The number of aliphatic hydroxyl groups is 1. The van der Waals surface area contributed by atoms with Crippen LogP contribution in [0.1, 0.15) is 57.9 Å². The Bertz CT molecular complexity index is 1530. The van der Waals surface area contributed by atoms with Crippen LogP contribution in [-0.2, 0) is 22.6 Å². The Morgan fingerprint density at radius 1 is 1.04 bits per heavy atom. The highest BCUT2D eigenvalue weighted by Gasteiger charge is 2.42. The molecule has 0 saturated carbocycles. The van der Waals surface area contributed by atoms with Gasteiger partial charge < -0.3 is 29.1 Å². The van der Waals surface area contributed by atoms with Gasteiger partial charge in [-0.1, -0.05) is 30.3 Å². The molecule has 0 unspecified atom stereocenters. The van der Waals surface area contributed by atoms with Crippen molar-refractivity contribution in [3.8, 4) is 0 Å². The molecule has 2 saturated heterocycles. The number of rotatable bonds is 8. The van der Waals surface area contributed by atoms with Gasteiger partial charge in [0.2, 0.25) is 5.91 Å². The number of hydrogen-bond acceptors (Lipinski definition) is 7. The smallest absolute Gasteiger partial charge is 0.410 e. The lowest BCUT2D eigenvalue weighted by Gasteiger charge is -2.43. The molecule has 11 heteroatoms. The molecule has 3 aromatic rings. The van der Waals surface area contributed by atoms with Crippen molar-refractivity contribution in [3.63, 3.8) is 0 Å². The van der Waals surface area contributed by atoms with E-state index in [1.54, 1.807) is 11.0 Å². The zero-order chi connectivity index (χ0) is 32.4. The molecule has 1 N–H and O–H groups in total. The van der Waals surface area contributed by atoms with E-state index in [9.17, 15) is 19.5 Å². The molecule has 11 nitrogen and oxygen atoms in total. The minimum Gasteiger partial charge on any atom is -0.444 e. The molecular formula is C34H48N6O5. The molecule has 244 valence electrons. The molecule has 2 aliphatic rings. The van der Waals surface area contributed by atoms with Crippen molar-refractivity contribution >= 4 is 23.0 Å². The predicted octanol–water partition coefficient (Wildman–Crippen LogP) is 3.54. The summed E-state index contributed by atoms with van der Waals surface area (Å²) in [5, 5.41) is 12.1. The molecule has 0 radical (unpaired) electrons. The summed E-state index contributed by atoms with van der Waals surface area (Å²) in [6, 6.07) is 11.7. The van der Waals surface area contributed by atoms with Crippen LogP contribution >= 0.6 is 0 Å². The van der Waals surface area contributed by atoms with Crippen LogP contribution in [0.2, 0.25) is 0 Å². The molecule has 2 aromatic heterocycles. The van der Waals surface area contributed by atoms with Gasteiger partial charge in [-0.3, -0.25) is 14.2 Å². The number of ether oxygens (including phenoxy) is 1. The van der Waals surface area contributed by atoms with Gasteiger partial charge in [0.15, 0.2) is 0 Å². The Morgan fingerprint density at radius 3 is 2.42 bits per heavy atom. The second-order valence-electron chi connectivity index (χ2n) is 14.0. The zero-order valence-corrected chi connectivity index (χ0v) is 27.3. The molecule has 2 amide bonds. The van der Waals surface area contributed by atoms with Crippen molar-refractivity contribution in [2.24, 2.45) is 5.92 Å². The summed E-state index contributed by atoms with van der Waals surface area (Å²) in [6.07, 6.45) is 5.29. The number of hydrogen-bond donors (Lipinski definition) is 1. The van der Waals surface area contributed by atoms with Gasteiger partial charge in [0.1, 0.15) is 17.6 Å². The molecule has 45 heavy (non-hydrogen) atoms. The van der Waals surface area contributed by atoms with E-state index in [1.807, 2.05) is 80.9 Å². The highest BCUT2D eigenvalue weighted by molar-refractivity contribution is 5.81. The summed E-state index contributed by atoms with van der Waals surface area (Å²) in [5.74, 6) is -0.397. The van der Waals surface area contributed by atoms with Crippen LogP contribution in [-0.4, -0.2) is 104 Å². The maximum Gasteiger partial charge on any atom is 0.410 e. The van der Waals surface area contributed by atoms with Crippen LogP contribution < -0.4 is 5.56 Å². The van der Waals surface area contributed by atoms with E-state index in [0.29, 0.717) is 56.5 Å². The minimum atomic E-state index is -1.12. The second kappa shape index (κ2) is 13.3. The van der Waals surface area contributed by atoms with Gasteiger partial charge in [-0.2, -0.15) is 0 Å². The van der Waals surface area contributed by atoms with Gasteiger partial charge in [-0.05, 0) is 78.7 Å². The number of fused-ring (bicyclic) bond motifs is 1. The molecule has 0 spiro atoms. The SMILES string of the molecule is CN(C)CCCn1ccc2c(=O)n(CC3(O)CCN(C(=O)[C@@H]4CCN(C(=O)OC(C)(C)C)C[C@H]4c4ccccc4)CC3)cnc21. The quantitative estimate of drug-likeness (QED) is 0.410. The average molecular weight is 621 g/mol. The Labute approximate surface area is 265 Å². The Morgan fingerprint density at radius 2 is 1.76 bits per heavy atom. The highest BCUT2D eigenvalue weighted by Crippen LogP contribution is 2.36. The number of nitrogens with zero attached hydrogens (tertiary/aromatic N) is 6. The summed E-state index contributed by atoms with van der Waals surface area (Å²) < 4.78 is 9.14. The molecule has 4 heterocycles. The van der Waals surface area contributed by atoms with Crippen molar-refractivity contribution in [2.45, 2.75) is 76.7 Å². The normalized spacial score (nSPS) is 20.5. The second-order valence-corrected chi connectivity index (χ2v) is 14.0. The van der Waals surface area contributed by atoms with Crippen molar-refractivity contribution < 1.29 is 19.4 Å². The van der Waals surface area contributed by atoms with Gasteiger partial charge in [-0.15, -0.1) is 0 Å². The highest BCUT2D eigenvalue weighted by atomic mass is 16.6. The Balaban J connectivity index is 1.24. The number of likely N-dealkylation sites (tertiary alicyclic amines) is 2. The topological polar surface area (TPSA) is 113 Å². The summed E-state index contributed by atoms with van der Waals surface area (Å²) in [6.45, 7) is 9.05. The van der Waals surface area contributed by atoms with E-state index >= 15 is 0 Å². The van der Waals surface area contributed by atoms with Gasteiger partial charge in [0.25, 0.3) is 5.56 Å². The summed E-state index contributed by atoms with van der Waals surface area (Å²) in [7, 11) is 4.07. The number of carbonyl (C=O) groups is 2. The van der Waals surface area contributed by atoms with Crippen LogP contribution in [0.25, 0.3) is 11.0 Å². The van der Waals surface area contributed by atoms with E-state index in [-0.39, 0.29) is 35.9 Å². The average Bonchev–Trinajstić information content (AvgIpc) is 3.41. The van der Waals surface area contributed by atoms with Crippen molar-refractivity contribution in [1.82, 2.24) is 28.8 Å². The van der Waals surface area contributed by atoms with Crippen LogP contribution in [0.5, 0.6) is 0 Å². The predicted molar refractivity (Wildman–Crippen MR) is 173 cm³/mol. The fourth-order valence-electron chi connectivity index (χ4n) is 6.59. The number of aryl methyl sites for hydroxylation is 1. The molecular weight excluding hydrogens is 572 g/mol. The Hall–Kier alpha value is -3.70. The zero-order valence-electron chi connectivity index (χ0n) is 27.3. The number of benzene rings is 1. The van der Waals surface area contributed by atoms with Crippen molar-refractivity contribution in [1.29, 1.82) is 0 Å². The minimum absolute atomic E-state index is 0.0469. The van der Waals surface area contributed by atoms with E-state index in [1.165, 1.54) is 10.9 Å². The fraction of sp³-hybridized carbons (Fsp3) is 0.588. The van der Waals surface area contributed by atoms with E-state index in [0.717, 1.165) is 25.1 Å². The van der Waals surface area contributed by atoms with Crippen molar-refractivity contribution in [3.05, 3.63) is 64.8 Å². The van der Waals surface area contributed by atoms with Crippen LogP contribution in [0.3, 0.4) is 0 Å². The molecule has 2 atom stereocenters. The maximum atomic E-state index is 14.0. The first-order chi connectivity index (χ1) is 21.3. The van der Waals surface area contributed by atoms with Crippen LogP contribution in [0.15, 0.2) is 53.7 Å². The Kier molecular flexibility index (Phi) is 9.69. The van der Waals surface area contributed by atoms with Gasteiger partial charge in [0, 0.05) is 50.8 Å². The molecule has 2 aliphatic heterocycles. The summed E-state index contributed by atoms with van der Waals surface area (Å²) in [4.78, 5) is 50.5. The summed E-state index contributed by atoms with van der Waals surface area (Å²) in [5.41, 5.74) is -0.205. The third kappa shape index (κ3) is 7.76. The number of carbonyl (C=O) groups excluding carboxylic acids is 2. The summed E-state index contributed by atoms with van der Waals surface area (Å²) >= 11 is 0. The number of piperidine rings is 2. The maximum absolute atomic E-state index is 14.0. The lowest BCUT2D eigenvalue weighted by molar-refractivity contribution is -0.142. The third-order valence-electron chi connectivity index (χ3n) is 9.03. The lowest BCUT2D eigenvalue weighted by Crippen LogP contribution is -2.53. The molecule has 0 bridgehead atoms. The first-order valence-corrected chi connectivity index (χ1v) is 16.1. The van der Waals surface area contributed by atoms with E-state index < -0.39 is 11.2 Å². The van der Waals surface area contributed by atoms with Gasteiger partial charge >= 0.3 is 6.09 Å². The van der Waals surface area contributed by atoms with E-state index in [2.05, 4.69) is 9.88 Å². The number of amides is 2. The fourth-order valence-corrected chi connectivity index (χ4v) is 6.59. The first-order valence-electron chi connectivity index (χ1n) is 16.1. The standard InChI is InChI=1S/C34H48N6O5/c1-33(2,3)45-32(43)39-19-12-26(28(22-39)25-10-7-6-8-11-25)30(41)38-20-14-34(44,15-21-38)23-40-24-35-29-27(31(40)42)13-18-37(29)17-9-16-36(4)5/h6-8,10-11,13,18,24,26,28,44H,9,12,14-17,19-23H2,1-5H3/t26-,28+/m1/s1. The molecule has 5 rings (SSSR count). The monoisotopic (exact) mass is 620 g/mol. The van der Waals surface area contributed by atoms with Crippen molar-refractivity contribution in [2.75, 3.05) is 46.8 Å². The molecule has 1 aromatic carbocycles. The lowest BCUT2D eigenvalue weighted by atomic mass is 9.79. The van der Waals surface area contributed by atoms with Crippen LogP contribution in [0, 0.1) is 5.92 Å². The largest absolute Gasteiger partial charge is 0.444 e. The van der Waals surface area contributed by atoms with E-state index in [4.69, 9.17) is 4.74 Å². The molecule has 0 aliphatic carbocycles. The van der Waals surface area contributed by atoms with Gasteiger partial charge in [0.05, 0.1) is 17.5 Å². The van der Waals surface area contributed by atoms with Gasteiger partial charge in [-0.25, -0.2) is 9.78 Å². The van der Waals surface area contributed by atoms with Crippen LogP contribution in [0.4, 0.5) is 4.79 Å². The third-order valence-corrected chi connectivity index (χ3v) is 9.03. The number of aromatic nitrogens is 3. The molecule has 2 fully saturated rings. The first kappa shape index (κ1) is 32.7.